The van der Waals surface area contributed by atoms with E-state index in [2.05, 4.69) is 42.6 Å². The second-order valence-corrected chi connectivity index (χ2v) is 8.69. The molecular formula is C27H28N2O3. The lowest BCUT2D eigenvalue weighted by Gasteiger charge is -2.13. The lowest BCUT2D eigenvalue weighted by molar-refractivity contribution is -0.124. The smallest absolute Gasteiger partial charge is 0.339 e. The molecule has 1 aliphatic rings. The number of hydrogen-bond donors (Lipinski definition) is 1. The van der Waals surface area contributed by atoms with E-state index in [9.17, 15) is 9.59 Å². The molecule has 2 aromatic carbocycles. The highest BCUT2D eigenvalue weighted by Gasteiger charge is 2.27. The zero-order valence-corrected chi connectivity index (χ0v) is 18.8. The molecule has 0 saturated carbocycles. The summed E-state index contributed by atoms with van der Waals surface area (Å²) < 4.78 is 5.42. The number of hydrogen-bond acceptors (Lipinski definition) is 4. The van der Waals surface area contributed by atoms with Gasteiger partial charge in [0.25, 0.3) is 5.91 Å². The maximum absolute atomic E-state index is 13.1. The van der Waals surface area contributed by atoms with Gasteiger partial charge in [-0.15, -0.1) is 0 Å². The highest BCUT2D eigenvalue weighted by atomic mass is 16.5. The molecule has 0 fully saturated rings. The van der Waals surface area contributed by atoms with Gasteiger partial charge in [-0.3, -0.25) is 4.79 Å². The summed E-state index contributed by atoms with van der Waals surface area (Å²) >= 11 is 0. The van der Waals surface area contributed by atoms with E-state index in [0.29, 0.717) is 18.0 Å². The van der Waals surface area contributed by atoms with Crippen LogP contribution in [-0.2, 0) is 16.0 Å². The molecule has 5 nitrogen and oxygen atoms in total. The summed E-state index contributed by atoms with van der Waals surface area (Å²) in [5.41, 5.74) is 6.45. The Bertz CT molecular complexity index is 1190. The maximum Gasteiger partial charge on any atom is 0.339 e. The number of aryl methyl sites for hydroxylation is 1. The summed E-state index contributed by atoms with van der Waals surface area (Å²) in [5, 5.41) is 3.54. The van der Waals surface area contributed by atoms with Gasteiger partial charge in [0.05, 0.1) is 16.8 Å². The molecule has 4 rings (SSSR count). The minimum absolute atomic E-state index is 0.289. The van der Waals surface area contributed by atoms with Crippen LogP contribution in [-0.4, -0.2) is 30.0 Å². The van der Waals surface area contributed by atoms with E-state index in [-0.39, 0.29) is 12.5 Å². The minimum atomic E-state index is -0.476. The van der Waals surface area contributed by atoms with Crippen molar-refractivity contribution >= 4 is 34.4 Å². The number of allylic oxidation sites excluding steroid dienone is 1. The fourth-order valence-electron chi connectivity index (χ4n) is 3.95. The van der Waals surface area contributed by atoms with Crippen molar-refractivity contribution < 1.29 is 14.3 Å². The van der Waals surface area contributed by atoms with Gasteiger partial charge in [-0.05, 0) is 54.5 Å². The lowest BCUT2D eigenvalue weighted by Crippen LogP contribution is -2.31. The van der Waals surface area contributed by atoms with Crippen molar-refractivity contribution in [2.24, 2.45) is 5.92 Å². The number of carbonyl (C=O) groups excluding carboxylic acids is 2. The van der Waals surface area contributed by atoms with E-state index in [1.807, 2.05) is 38.1 Å². The van der Waals surface area contributed by atoms with Crippen molar-refractivity contribution in [2.45, 2.75) is 33.6 Å². The summed E-state index contributed by atoms with van der Waals surface area (Å²) in [6, 6.07) is 15.9. The van der Waals surface area contributed by atoms with Crippen LogP contribution < -0.4 is 5.32 Å². The molecular weight excluding hydrogens is 400 g/mol. The minimum Gasteiger partial charge on any atom is -0.452 e. The average molecular weight is 429 g/mol. The highest BCUT2D eigenvalue weighted by Crippen LogP contribution is 2.37. The highest BCUT2D eigenvalue weighted by molar-refractivity contribution is 6.07. The summed E-state index contributed by atoms with van der Waals surface area (Å²) in [4.78, 5) is 30.0. The molecule has 0 aliphatic heterocycles. The lowest BCUT2D eigenvalue weighted by atomic mass is 10.0. The number of nitrogens with zero attached hydrogens (tertiary/aromatic N) is 1. The molecule has 1 amide bonds. The zero-order valence-electron chi connectivity index (χ0n) is 18.8. The zero-order chi connectivity index (χ0) is 22.7. The van der Waals surface area contributed by atoms with Gasteiger partial charge in [-0.2, -0.15) is 0 Å². The predicted molar refractivity (Wildman–Crippen MR) is 127 cm³/mol. The number of benzene rings is 2. The van der Waals surface area contributed by atoms with Crippen LogP contribution in [0.25, 0.3) is 22.6 Å². The van der Waals surface area contributed by atoms with E-state index >= 15 is 0 Å². The number of amides is 1. The van der Waals surface area contributed by atoms with Gasteiger partial charge < -0.3 is 10.1 Å². The summed E-state index contributed by atoms with van der Waals surface area (Å²) in [7, 11) is 0. The fourth-order valence-corrected chi connectivity index (χ4v) is 3.95. The van der Waals surface area contributed by atoms with Crippen LogP contribution in [0.1, 0.15) is 53.0 Å². The van der Waals surface area contributed by atoms with Crippen LogP contribution in [0.2, 0.25) is 0 Å². The molecule has 3 aromatic rings. The monoisotopic (exact) mass is 428 g/mol. The number of aromatic nitrogens is 1. The molecule has 0 saturated heterocycles. The van der Waals surface area contributed by atoms with Gasteiger partial charge >= 0.3 is 5.97 Å². The first kappa shape index (κ1) is 21.8. The first-order chi connectivity index (χ1) is 15.4. The van der Waals surface area contributed by atoms with E-state index in [1.54, 1.807) is 0 Å². The molecule has 32 heavy (non-hydrogen) atoms. The van der Waals surface area contributed by atoms with E-state index in [1.165, 1.54) is 5.56 Å². The Kier molecular flexibility index (Phi) is 6.35. The van der Waals surface area contributed by atoms with Crippen molar-refractivity contribution in [3.63, 3.8) is 0 Å². The Morgan fingerprint density at radius 2 is 1.84 bits per heavy atom. The third kappa shape index (κ3) is 4.72. The molecule has 0 spiro atoms. The van der Waals surface area contributed by atoms with Crippen LogP contribution in [0.5, 0.6) is 0 Å². The van der Waals surface area contributed by atoms with Gasteiger partial charge in [0.1, 0.15) is 0 Å². The van der Waals surface area contributed by atoms with Crippen LogP contribution in [0, 0.1) is 12.8 Å². The first-order valence-corrected chi connectivity index (χ1v) is 11.1. The molecule has 1 N–H and O–H groups in total. The molecule has 0 atom stereocenters. The van der Waals surface area contributed by atoms with Gasteiger partial charge in [0, 0.05) is 11.9 Å². The standard InChI is InChI=1S/C27H28N2O3/c1-17(2)15-28-24(30)16-32-27(31)25-21-6-4-5-7-23(21)29-26-20(12-13-22(25)26)14-19-10-8-18(3)9-11-19/h4-11,14,17H,12-13,15-16H2,1-3H3,(H,28,30)/b20-14+. The molecule has 1 heterocycles. The number of fused-ring (bicyclic) bond motifs is 2. The quantitative estimate of drug-likeness (QED) is 0.564. The number of carbonyl (C=O) groups is 2. The molecule has 1 aromatic heterocycles. The number of esters is 1. The van der Waals surface area contributed by atoms with Gasteiger partial charge in [-0.1, -0.05) is 61.9 Å². The molecule has 0 unspecified atom stereocenters. The van der Waals surface area contributed by atoms with Crippen molar-refractivity contribution in [3.05, 3.63) is 76.5 Å². The van der Waals surface area contributed by atoms with Gasteiger partial charge in [0.15, 0.2) is 6.61 Å². The number of rotatable bonds is 6. The second-order valence-electron chi connectivity index (χ2n) is 8.69. The van der Waals surface area contributed by atoms with Crippen LogP contribution in [0.15, 0.2) is 48.5 Å². The number of nitrogens with one attached hydrogen (secondary N) is 1. The number of ether oxygens (including phenoxy) is 1. The van der Waals surface area contributed by atoms with E-state index in [0.717, 1.165) is 46.1 Å². The fraction of sp³-hybridized carbons (Fsp3) is 0.296. The van der Waals surface area contributed by atoms with Gasteiger partial charge in [-0.25, -0.2) is 9.78 Å². The van der Waals surface area contributed by atoms with Gasteiger partial charge in [0.2, 0.25) is 0 Å². The first-order valence-electron chi connectivity index (χ1n) is 11.1. The third-order valence-corrected chi connectivity index (χ3v) is 5.61. The topological polar surface area (TPSA) is 68.3 Å². The Balaban J connectivity index is 1.67. The second kappa shape index (κ2) is 9.35. The third-order valence-electron chi connectivity index (χ3n) is 5.61. The SMILES string of the molecule is Cc1ccc(/C=C2\CCc3c2nc2ccccc2c3C(=O)OCC(=O)NCC(C)C)cc1. The molecule has 0 bridgehead atoms. The van der Waals surface area contributed by atoms with Crippen LogP contribution >= 0.6 is 0 Å². The average Bonchev–Trinajstić information content (AvgIpc) is 3.17. The van der Waals surface area contributed by atoms with Crippen LogP contribution in [0.3, 0.4) is 0 Å². The van der Waals surface area contributed by atoms with Crippen LogP contribution in [0.4, 0.5) is 0 Å². The van der Waals surface area contributed by atoms with Crippen molar-refractivity contribution in [1.82, 2.24) is 10.3 Å². The van der Waals surface area contributed by atoms with Crippen molar-refractivity contribution in [2.75, 3.05) is 13.2 Å². The van der Waals surface area contributed by atoms with E-state index < -0.39 is 5.97 Å². The summed E-state index contributed by atoms with van der Waals surface area (Å²) in [5.74, 6) is -0.432. The Morgan fingerprint density at radius 3 is 2.59 bits per heavy atom. The summed E-state index contributed by atoms with van der Waals surface area (Å²) in [6.07, 6.45) is 3.66. The van der Waals surface area contributed by atoms with Crippen molar-refractivity contribution in [3.8, 4) is 0 Å². The Morgan fingerprint density at radius 1 is 1.09 bits per heavy atom. The summed E-state index contributed by atoms with van der Waals surface area (Å²) in [6.45, 7) is 6.36. The number of para-hydroxylation sites is 1. The van der Waals surface area contributed by atoms with Crippen molar-refractivity contribution in [1.29, 1.82) is 0 Å². The maximum atomic E-state index is 13.1. The molecule has 5 heteroatoms. The van der Waals surface area contributed by atoms with E-state index in [4.69, 9.17) is 9.72 Å². The largest absolute Gasteiger partial charge is 0.452 e. The number of pyridine rings is 1. The molecule has 164 valence electrons. The predicted octanol–water partition coefficient (Wildman–Crippen LogP) is 4.96. The Hall–Kier alpha value is -3.47. The molecule has 0 radical (unpaired) electrons. The normalized spacial score (nSPS) is 14.1. The Labute approximate surface area is 188 Å². The molecule has 1 aliphatic carbocycles.